The summed E-state index contributed by atoms with van der Waals surface area (Å²) in [6, 6.07) is 87.1. The van der Waals surface area contributed by atoms with Crippen LogP contribution in [0.5, 0.6) is 0 Å². The summed E-state index contributed by atoms with van der Waals surface area (Å²) in [6.45, 7) is 0. The van der Waals surface area contributed by atoms with Crippen molar-refractivity contribution in [2.45, 2.75) is 126 Å². The van der Waals surface area contributed by atoms with E-state index in [1.54, 1.807) is 30.7 Å². The molecule has 0 bridgehead atoms. The number of para-hydroxylation sites is 1. The van der Waals surface area contributed by atoms with Crippen molar-refractivity contribution in [1.29, 1.82) is 0 Å². The molecular formula is C114H92ClFN8O5. The predicted octanol–water partition coefficient (Wildman–Crippen LogP) is 25.2. The molecule has 632 valence electrons. The molecule has 23 rings (SSSR count). The molecule has 5 atom stereocenters. The molecule has 13 nitrogen and oxygen atoms in total. The molecule has 6 aromatic heterocycles. The molecule has 10 aliphatic carbocycles. The third-order valence-electron chi connectivity index (χ3n) is 26.6. The molecule has 15 heteroatoms. The monoisotopic (exact) mass is 1710 g/mol. The third-order valence-corrected chi connectivity index (χ3v) is 26.8. The lowest BCUT2D eigenvalue weighted by Crippen LogP contribution is -2.15. The molecule has 0 saturated carbocycles. The zero-order valence-electron chi connectivity index (χ0n) is 71.3. The van der Waals surface area contributed by atoms with Gasteiger partial charge in [-0.3, -0.25) is 43.9 Å². The molecule has 0 amide bonds. The minimum Gasteiger partial charge on any atom is -0.368 e. The molecule has 6 heterocycles. The molecule has 0 saturated heterocycles. The van der Waals surface area contributed by atoms with Gasteiger partial charge in [-0.25, -0.2) is 19.3 Å². The van der Waals surface area contributed by atoms with Gasteiger partial charge in [0.2, 0.25) is 5.95 Å². The van der Waals surface area contributed by atoms with Crippen molar-refractivity contribution in [1.82, 2.24) is 34.9 Å². The van der Waals surface area contributed by atoms with E-state index < -0.39 is 0 Å². The van der Waals surface area contributed by atoms with Gasteiger partial charge in [-0.15, -0.1) is 0 Å². The van der Waals surface area contributed by atoms with Crippen molar-refractivity contribution >= 4 is 85.2 Å². The van der Waals surface area contributed by atoms with Crippen molar-refractivity contribution < 1.29 is 28.4 Å². The van der Waals surface area contributed by atoms with Crippen LogP contribution in [0.3, 0.4) is 0 Å². The van der Waals surface area contributed by atoms with E-state index in [0.29, 0.717) is 78.0 Å². The highest BCUT2D eigenvalue weighted by atomic mass is 35.5. The van der Waals surface area contributed by atoms with Gasteiger partial charge >= 0.3 is 0 Å². The van der Waals surface area contributed by atoms with Crippen LogP contribution in [0.1, 0.15) is 182 Å². The highest BCUT2D eigenvalue weighted by Gasteiger charge is 2.39. The Morgan fingerprint density at radius 2 is 0.643 bits per heavy atom. The highest BCUT2D eigenvalue weighted by Crippen LogP contribution is 2.52. The van der Waals surface area contributed by atoms with Crippen molar-refractivity contribution in [3.05, 3.63) is 457 Å². The van der Waals surface area contributed by atoms with Crippen molar-refractivity contribution in [3.8, 4) is 22.5 Å². The number of nitrogens with zero attached hydrogens (tertiary/aromatic N) is 7. The van der Waals surface area contributed by atoms with Crippen molar-refractivity contribution in [2.24, 2.45) is 0 Å². The van der Waals surface area contributed by atoms with E-state index in [1.165, 1.54) is 78.5 Å². The van der Waals surface area contributed by atoms with Crippen LogP contribution in [-0.4, -0.2) is 63.8 Å². The number of aromatic nitrogens is 7. The van der Waals surface area contributed by atoms with Gasteiger partial charge < -0.3 is 5.73 Å². The average molecular weight is 1710 g/mol. The molecule has 5 unspecified atom stereocenters. The summed E-state index contributed by atoms with van der Waals surface area (Å²) >= 11 is 6.01. The van der Waals surface area contributed by atoms with E-state index in [-0.39, 0.29) is 40.8 Å². The van der Waals surface area contributed by atoms with Crippen molar-refractivity contribution in [2.75, 3.05) is 5.73 Å². The molecule has 0 aliphatic heterocycles. The van der Waals surface area contributed by atoms with E-state index in [2.05, 4.69) is 193 Å². The summed E-state index contributed by atoms with van der Waals surface area (Å²) < 4.78 is 14.2. The first-order valence-electron chi connectivity index (χ1n) is 44.5. The van der Waals surface area contributed by atoms with Gasteiger partial charge in [0.05, 0.1) is 22.6 Å². The number of allylic oxidation sites excluding steroid dienone is 20. The number of hydrogen-bond acceptors (Lipinski definition) is 13. The maximum atomic E-state index is 14.2. The summed E-state index contributed by atoms with van der Waals surface area (Å²) in [5, 5.41) is 1.59. The number of anilines is 1. The topological polar surface area (TPSA) is 202 Å². The van der Waals surface area contributed by atoms with Crippen LogP contribution in [0.15, 0.2) is 390 Å². The summed E-state index contributed by atoms with van der Waals surface area (Å²) in [5.74, 6) is 2.93. The lowest BCUT2D eigenvalue weighted by molar-refractivity contribution is -0.116. The Kier molecular flexibility index (Phi) is 24.7. The zero-order chi connectivity index (χ0) is 87.9. The van der Waals surface area contributed by atoms with Crippen LogP contribution >= 0.6 is 11.6 Å². The fourth-order valence-electron chi connectivity index (χ4n) is 20.2. The van der Waals surface area contributed by atoms with Crippen LogP contribution < -0.4 is 5.73 Å². The third kappa shape index (κ3) is 18.3. The smallest absolute Gasteiger partial charge is 0.220 e. The molecule has 0 spiro atoms. The van der Waals surface area contributed by atoms with Crippen LogP contribution in [0.4, 0.5) is 10.3 Å². The number of pyridine rings is 5. The van der Waals surface area contributed by atoms with Gasteiger partial charge in [0.25, 0.3) is 0 Å². The maximum absolute atomic E-state index is 14.2. The first-order valence-corrected chi connectivity index (χ1v) is 44.8. The largest absolute Gasteiger partial charge is 0.368 e. The number of carbonyl (C=O) groups is 5. The quantitative estimate of drug-likeness (QED) is 0.113. The SMILES string of the molecule is Nc1nccc(C2=CC3=C(C2)C(c2ccccc2)CCC3=O)n1.O=C1CCC(c2ccccc2)C2=C1C=C(c1ccnc(-c3ccccc3F)c1)C2.O=C1CCC(c2ccccc2)C2=C1C=C(c1ccnc(-c3cnc4ccccc4c3)c1)C2.O=C1CCC(c2ccccc2)C2=C1C=C(c1ccnc(Cl)c1)C2.O=C1CCC(c2ccccc2)C2=C1C=C(c1ccncc1)C2. The van der Waals surface area contributed by atoms with Crippen LogP contribution in [0.25, 0.3) is 61.3 Å². The Labute approximate surface area is 754 Å². The Hall–Kier alpha value is -14.6. The van der Waals surface area contributed by atoms with Gasteiger partial charge in [0.1, 0.15) is 11.0 Å². The maximum Gasteiger partial charge on any atom is 0.220 e. The van der Waals surface area contributed by atoms with E-state index in [0.717, 1.165) is 153 Å². The summed E-state index contributed by atoms with van der Waals surface area (Å²) in [5.41, 5.74) is 37.8. The second kappa shape index (κ2) is 37.9. The van der Waals surface area contributed by atoms with Gasteiger partial charge in [0.15, 0.2) is 28.9 Å². The first-order chi connectivity index (χ1) is 63.2. The summed E-state index contributed by atoms with van der Waals surface area (Å²) in [7, 11) is 0. The van der Waals surface area contributed by atoms with Gasteiger partial charge in [-0.05, 0) is 279 Å². The number of benzene rings is 7. The standard InChI is InChI=1S/C29H22N2O.C26H20FNO.C20H16ClNO.C20H17NO.C19H17N3O/c32-29-11-10-24(19-6-2-1-3-7-19)25-15-22(16-26(25)29)20-12-13-30-28(17-20)23-14-21-8-4-5-9-27(21)31-18-23;27-24-9-5-4-8-21(24)25-16-18(12-13-28-25)19-14-22-20(17-6-2-1-3-7-17)10-11-26(29)23(22)15-19;21-20-12-14(8-9-22-20)15-10-17-16(13-4-2-1-3-5-13)6-7-19(23)18(17)11-15;22-20-7-6-17(15-4-2-1-3-5-15)18-12-16(13-19(18)20)14-8-10-21-11-9-14;20-19-21-9-8-17(22-19)13-10-15-14(12-4-2-1-3-5-12)6-7-18(23)16(15)11-13/h1-9,12-14,16-18,24H,10-11,15H2;1-9,12-13,15-16,20H,10-11,14H2;1-5,8-9,11-12,16H,6-7,10H2;1-5,8-11,13,17H,6-7,12H2;1-5,8-9,11,14H,6-7,10H2,(H2,20,21,22). The predicted molar refractivity (Wildman–Crippen MR) is 510 cm³/mol. The van der Waals surface area contributed by atoms with E-state index >= 15 is 0 Å². The minimum absolute atomic E-state index is 0.227. The highest BCUT2D eigenvalue weighted by molar-refractivity contribution is 6.29. The molecule has 0 radical (unpaired) electrons. The van der Waals surface area contributed by atoms with E-state index in [9.17, 15) is 28.4 Å². The number of rotatable bonds is 12. The van der Waals surface area contributed by atoms with E-state index in [1.807, 2.05) is 140 Å². The second-order valence-corrected chi connectivity index (χ2v) is 34.6. The number of hydrogen-bond donors (Lipinski definition) is 1. The van der Waals surface area contributed by atoms with Gasteiger partial charge in [-0.1, -0.05) is 194 Å². The normalized spacial score (nSPS) is 19.5. The van der Waals surface area contributed by atoms with Crippen molar-refractivity contribution in [3.63, 3.8) is 0 Å². The number of ketones is 5. The number of fused-ring (bicyclic) bond motifs is 1. The minimum atomic E-state index is -0.283. The first kappa shape index (κ1) is 83.9. The summed E-state index contributed by atoms with van der Waals surface area (Å²) in [4.78, 5) is 92.2. The van der Waals surface area contributed by atoms with Crippen LogP contribution in [0, 0.1) is 5.82 Å². The van der Waals surface area contributed by atoms with Gasteiger partial charge in [-0.2, -0.15) is 0 Å². The van der Waals surface area contributed by atoms with Crippen LogP contribution in [-0.2, 0) is 24.0 Å². The molecule has 129 heavy (non-hydrogen) atoms. The molecular weight excluding hydrogens is 1620 g/mol. The zero-order valence-corrected chi connectivity index (χ0v) is 72.0. The Morgan fingerprint density at radius 1 is 0.302 bits per heavy atom. The van der Waals surface area contributed by atoms with Crippen LogP contribution in [0.2, 0.25) is 5.15 Å². The summed E-state index contributed by atoms with van der Waals surface area (Å²) in [6.07, 6.45) is 34.3. The molecule has 13 aromatic rings. The number of halogens is 2. The Bertz CT molecular complexity index is 6790. The fourth-order valence-corrected chi connectivity index (χ4v) is 20.4. The molecule has 7 aromatic carbocycles. The fraction of sp³-hybridized carbons (Fsp3) is 0.175. The molecule has 2 N–H and O–H groups in total. The average Bonchev–Trinajstić information content (AvgIpc) is 1.65. The molecule has 10 aliphatic rings. The van der Waals surface area contributed by atoms with E-state index in [4.69, 9.17) is 17.3 Å². The number of carbonyl (C=O) groups excluding carboxylic acids is 5. The Morgan fingerprint density at radius 3 is 1.06 bits per heavy atom. The number of Topliss-reactive ketones (excluding diaryl/α,β-unsaturated/α-hetero) is 5. The molecule has 0 fully saturated rings. The number of nitrogens with two attached hydrogens (primary N) is 1. The Balaban J connectivity index is 0.000000106. The second-order valence-electron chi connectivity index (χ2n) is 34.2. The lowest BCUT2D eigenvalue weighted by Gasteiger charge is -2.25. The van der Waals surface area contributed by atoms with Gasteiger partial charge in [0, 0.05) is 149 Å². The lowest BCUT2D eigenvalue weighted by atomic mass is 9.78. The number of nitrogen functional groups attached to an aromatic ring is 1.